The topological polar surface area (TPSA) is 83.5 Å². The molecule has 0 heterocycles. The molecule has 0 N–H and O–H groups in total. The van der Waals surface area contributed by atoms with Crippen molar-refractivity contribution in [2.45, 2.75) is 13.3 Å². The van der Waals surface area contributed by atoms with Gasteiger partial charge in [0.2, 0.25) is 0 Å². The van der Waals surface area contributed by atoms with E-state index in [0.717, 1.165) is 12.0 Å². The molecule has 0 spiro atoms. The van der Waals surface area contributed by atoms with Gasteiger partial charge in [0.1, 0.15) is 0 Å². The minimum absolute atomic E-state index is 0.105. The van der Waals surface area contributed by atoms with Gasteiger partial charge in [0.05, 0.1) is 28.2 Å². The van der Waals surface area contributed by atoms with Crippen molar-refractivity contribution in [3.05, 3.63) is 29.8 Å². The summed E-state index contributed by atoms with van der Waals surface area (Å²) >= 11 is -5.64. The van der Waals surface area contributed by atoms with Crippen molar-refractivity contribution in [1.29, 1.82) is 0 Å². The SMILES string of the molecule is CCc1ccc(N(S(=O)[O-])S(=O)[O-])cc1. The van der Waals surface area contributed by atoms with Crippen molar-refractivity contribution in [1.82, 2.24) is 0 Å². The molecule has 0 aromatic heterocycles. The molecule has 84 valence electrons. The molecule has 0 radical (unpaired) electrons. The number of rotatable bonds is 4. The van der Waals surface area contributed by atoms with Crippen LogP contribution in [-0.2, 0) is 29.0 Å². The van der Waals surface area contributed by atoms with E-state index in [2.05, 4.69) is 0 Å². The summed E-state index contributed by atoms with van der Waals surface area (Å²) in [5.41, 5.74) is 1.11. The molecule has 0 amide bonds. The molecule has 0 aliphatic rings. The summed E-state index contributed by atoms with van der Waals surface area (Å²) in [7, 11) is 0. The Kier molecular flexibility index (Phi) is 4.40. The van der Waals surface area contributed by atoms with Gasteiger partial charge in [-0.25, -0.2) is 3.71 Å². The lowest BCUT2D eigenvalue weighted by molar-refractivity contribution is 0.523. The zero-order valence-electron chi connectivity index (χ0n) is 7.91. The number of benzene rings is 1. The van der Waals surface area contributed by atoms with E-state index in [9.17, 15) is 17.5 Å². The molecule has 0 saturated carbocycles. The van der Waals surface area contributed by atoms with Crippen molar-refractivity contribution in [3.63, 3.8) is 0 Å². The van der Waals surface area contributed by atoms with Crippen molar-refractivity contribution in [2.24, 2.45) is 0 Å². The average molecular weight is 247 g/mol. The van der Waals surface area contributed by atoms with Crippen molar-refractivity contribution in [2.75, 3.05) is 3.71 Å². The molecular formula is C8H9NO4S2-2. The second-order valence-electron chi connectivity index (χ2n) is 2.71. The predicted octanol–water partition coefficient (Wildman–Crippen LogP) is 0.644. The Balaban J connectivity index is 3.02. The maximum absolute atomic E-state index is 10.6. The fourth-order valence-electron chi connectivity index (χ4n) is 1.08. The molecule has 0 saturated heterocycles. The lowest BCUT2D eigenvalue weighted by atomic mass is 10.2. The van der Waals surface area contributed by atoms with Crippen LogP contribution in [0.1, 0.15) is 12.5 Å². The zero-order chi connectivity index (χ0) is 11.4. The largest absolute Gasteiger partial charge is 0.754 e. The molecule has 0 fully saturated rings. The van der Waals surface area contributed by atoms with E-state index >= 15 is 0 Å². The van der Waals surface area contributed by atoms with Crippen LogP contribution in [0, 0.1) is 0 Å². The highest BCUT2D eigenvalue weighted by Crippen LogP contribution is 2.17. The third-order valence-electron chi connectivity index (χ3n) is 1.83. The van der Waals surface area contributed by atoms with Crippen LogP contribution in [0.3, 0.4) is 0 Å². The lowest BCUT2D eigenvalue weighted by Crippen LogP contribution is -2.27. The number of anilines is 1. The monoisotopic (exact) mass is 247 g/mol. The van der Waals surface area contributed by atoms with Crippen LogP contribution < -0.4 is 3.71 Å². The van der Waals surface area contributed by atoms with Crippen LogP contribution in [0.15, 0.2) is 24.3 Å². The van der Waals surface area contributed by atoms with Gasteiger partial charge < -0.3 is 9.11 Å². The highest BCUT2D eigenvalue weighted by molar-refractivity contribution is 7.98. The highest BCUT2D eigenvalue weighted by atomic mass is 32.3. The maximum atomic E-state index is 10.6. The van der Waals surface area contributed by atoms with Gasteiger partial charge in [-0.2, -0.15) is 0 Å². The molecule has 2 unspecified atom stereocenters. The minimum Gasteiger partial charge on any atom is -0.754 e. The number of aryl methyl sites for hydroxylation is 1. The van der Waals surface area contributed by atoms with Crippen LogP contribution in [0.25, 0.3) is 0 Å². The van der Waals surface area contributed by atoms with Gasteiger partial charge in [0.15, 0.2) is 0 Å². The van der Waals surface area contributed by atoms with Crippen LogP contribution in [0.2, 0.25) is 0 Å². The highest BCUT2D eigenvalue weighted by Gasteiger charge is 2.06. The summed E-state index contributed by atoms with van der Waals surface area (Å²) in [4.78, 5) is 0. The van der Waals surface area contributed by atoms with Crippen molar-refractivity contribution >= 4 is 28.2 Å². The first-order valence-corrected chi connectivity index (χ1v) is 6.20. The molecule has 1 aromatic rings. The Morgan fingerprint density at radius 1 is 1.13 bits per heavy atom. The van der Waals surface area contributed by atoms with Gasteiger partial charge in [-0.1, -0.05) is 19.1 Å². The molecule has 1 aromatic carbocycles. The van der Waals surface area contributed by atoms with Crippen LogP contribution in [0.4, 0.5) is 5.69 Å². The van der Waals surface area contributed by atoms with Crippen molar-refractivity contribution in [3.8, 4) is 0 Å². The second kappa shape index (κ2) is 5.36. The third kappa shape index (κ3) is 3.10. The quantitative estimate of drug-likeness (QED) is 0.731. The van der Waals surface area contributed by atoms with Gasteiger partial charge in [-0.15, -0.1) is 0 Å². The Hall–Kier alpha value is -0.760. The summed E-state index contributed by atoms with van der Waals surface area (Å²) in [6.45, 7) is 1.95. The van der Waals surface area contributed by atoms with E-state index in [0.29, 0.717) is 0 Å². The summed E-state index contributed by atoms with van der Waals surface area (Å²) in [5, 5.41) is 0. The fourth-order valence-corrected chi connectivity index (χ4v) is 2.06. The fraction of sp³-hybridized carbons (Fsp3) is 0.250. The normalized spacial score (nSPS) is 14.6. The number of nitrogens with zero attached hydrogens (tertiary/aromatic N) is 1. The van der Waals surface area contributed by atoms with Crippen LogP contribution in [-0.4, -0.2) is 17.5 Å². The standard InChI is InChI=1S/C8H11NO4S2/c1-2-7-3-5-8(6-4-7)9(14(10)11)15(12)13/h3-6H,2H2,1H3,(H,10,11)(H,12,13)/p-2. The first-order chi connectivity index (χ1) is 7.06. The Morgan fingerprint density at radius 2 is 1.60 bits per heavy atom. The van der Waals surface area contributed by atoms with E-state index in [1.165, 1.54) is 12.1 Å². The van der Waals surface area contributed by atoms with Crippen LogP contribution in [0.5, 0.6) is 0 Å². The van der Waals surface area contributed by atoms with Gasteiger partial charge >= 0.3 is 0 Å². The predicted molar refractivity (Wildman–Crippen MR) is 56.1 cm³/mol. The lowest BCUT2D eigenvalue weighted by Gasteiger charge is -2.27. The van der Waals surface area contributed by atoms with Gasteiger partial charge in [0.25, 0.3) is 0 Å². The van der Waals surface area contributed by atoms with Crippen molar-refractivity contribution < 1.29 is 17.5 Å². The van der Waals surface area contributed by atoms with E-state index in [4.69, 9.17) is 0 Å². The molecule has 15 heavy (non-hydrogen) atoms. The number of hydrogen-bond acceptors (Lipinski definition) is 4. The molecule has 7 heteroatoms. The van der Waals surface area contributed by atoms with Gasteiger partial charge in [0, 0.05) is 0 Å². The van der Waals surface area contributed by atoms with E-state index in [1.807, 2.05) is 6.92 Å². The summed E-state index contributed by atoms with van der Waals surface area (Å²) in [6, 6.07) is 6.26. The summed E-state index contributed by atoms with van der Waals surface area (Å²) in [5.74, 6) is 0. The van der Waals surface area contributed by atoms with E-state index < -0.39 is 22.5 Å². The Labute approximate surface area is 92.9 Å². The molecule has 1 rings (SSSR count). The molecule has 0 aliphatic carbocycles. The first kappa shape index (κ1) is 12.3. The van der Waals surface area contributed by atoms with E-state index in [-0.39, 0.29) is 9.40 Å². The van der Waals surface area contributed by atoms with Gasteiger partial charge in [-0.05, 0) is 24.1 Å². The molecule has 2 atom stereocenters. The summed E-state index contributed by atoms with van der Waals surface area (Å²) in [6.07, 6.45) is 0.807. The van der Waals surface area contributed by atoms with Gasteiger partial charge in [-0.3, -0.25) is 8.42 Å². The van der Waals surface area contributed by atoms with Crippen LogP contribution >= 0.6 is 0 Å². The Morgan fingerprint density at radius 3 is 1.93 bits per heavy atom. The maximum Gasteiger partial charge on any atom is 0.0621 e. The molecule has 0 bridgehead atoms. The molecular weight excluding hydrogens is 238 g/mol. The minimum atomic E-state index is -2.82. The molecule has 5 nitrogen and oxygen atoms in total. The molecule has 0 aliphatic heterocycles. The van der Waals surface area contributed by atoms with E-state index in [1.54, 1.807) is 12.1 Å². The number of hydrogen-bond donors (Lipinski definition) is 0. The first-order valence-electron chi connectivity index (χ1n) is 4.14. The second-order valence-corrected chi connectivity index (χ2v) is 4.54. The Bertz CT molecular complexity index is 365. The summed E-state index contributed by atoms with van der Waals surface area (Å²) < 4.78 is 42.8. The average Bonchev–Trinajstić information content (AvgIpc) is 2.18. The third-order valence-corrected chi connectivity index (χ3v) is 3.52. The zero-order valence-corrected chi connectivity index (χ0v) is 9.55. The smallest absolute Gasteiger partial charge is 0.0621 e.